The lowest BCUT2D eigenvalue weighted by atomic mass is 9.97. The highest BCUT2D eigenvalue weighted by molar-refractivity contribution is 5.90. The zero-order chi connectivity index (χ0) is 22.5. The summed E-state index contributed by atoms with van der Waals surface area (Å²) in [4.78, 5) is 35.0. The summed E-state index contributed by atoms with van der Waals surface area (Å²) in [7, 11) is 0. The van der Waals surface area contributed by atoms with Gasteiger partial charge in [0.1, 0.15) is 11.6 Å². The predicted molar refractivity (Wildman–Crippen MR) is 122 cm³/mol. The molecule has 32 heavy (non-hydrogen) atoms. The van der Waals surface area contributed by atoms with Gasteiger partial charge in [0.25, 0.3) is 0 Å². The molecule has 0 unspecified atom stereocenters. The number of carbonyl (C=O) groups excluding carboxylic acids is 2. The van der Waals surface area contributed by atoms with E-state index in [1.165, 1.54) is 0 Å². The summed E-state index contributed by atoms with van der Waals surface area (Å²) < 4.78 is 0. The second-order valence-corrected chi connectivity index (χ2v) is 8.06. The SMILES string of the molecule is Cc1cccc(NC(=O)CCCC(=O)N2CC[C@@H](c3[nH]ncc3-c3ccnc(N)c3)C2)n1. The molecule has 3 aromatic heterocycles. The minimum absolute atomic E-state index is 0.0724. The van der Waals surface area contributed by atoms with Crippen molar-refractivity contribution in [2.45, 2.75) is 38.5 Å². The van der Waals surface area contributed by atoms with Crippen LogP contribution < -0.4 is 11.1 Å². The van der Waals surface area contributed by atoms with Gasteiger partial charge in [-0.3, -0.25) is 14.7 Å². The van der Waals surface area contributed by atoms with Crippen LogP contribution in [0.4, 0.5) is 11.6 Å². The van der Waals surface area contributed by atoms with Crippen molar-refractivity contribution in [2.75, 3.05) is 24.1 Å². The number of carbonyl (C=O) groups is 2. The lowest BCUT2D eigenvalue weighted by Gasteiger charge is -2.17. The minimum Gasteiger partial charge on any atom is -0.384 e. The number of rotatable bonds is 7. The third-order valence-electron chi connectivity index (χ3n) is 5.66. The van der Waals surface area contributed by atoms with Gasteiger partial charge in [-0.05, 0) is 49.6 Å². The van der Waals surface area contributed by atoms with E-state index in [1.54, 1.807) is 18.5 Å². The van der Waals surface area contributed by atoms with E-state index in [0.717, 1.165) is 28.9 Å². The van der Waals surface area contributed by atoms with Crippen molar-refractivity contribution < 1.29 is 9.59 Å². The number of hydrogen-bond acceptors (Lipinski definition) is 6. The molecule has 9 nitrogen and oxygen atoms in total. The first-order chi connectivity index (χ1) is 15.5. The number of nitrogens with zero attached hydrogens (tertiary/aromatic N) is 4. The van der Waals surface area contributed by atoms with E-state index in [2.05, 4.69) is 25.5 Å². The first kappa shape index (κ1) is 21.5. The molecule has 1 saturated heterocycles. The summed E-state index contributed by atoms with van der Waals surface area (Å²) >= 11 is 0. The van der Waals surface area contributed by atoms with Gasteiger partial charge in [0, 0.05) is 55.0 Å². The van der Waals surface area contributed by atoms with Gasteiger partial charge in [-0.25, -0.2) is 9.97 Å². The average molecular weight is 434 g/mol. The molecule has 4 rings (SSSR count). The van der Waals surface area contributed by atoms with Crippen molar-refractivity contribution in [2.24, 2.45) is 0 Å². The van der Waals surface area contributed by atoms with Crippen LogP contribution in [0.25, 0.3) is 11.1 Å². The van der Waals surface area contributed by atoms with Crippen molar-refractivity contribution in [3.63, 3.8) is 0 Å². The van der Waals surface area contributed by atoms with Crippen LogP contribution in [-0.2, 0) is 9.59 Å². The van der Waals surface area contributed by atoms with Gasteiger partial charge in [0.2, 0.25) is 11.8 Å². The molecule has 4 heterocycles. The maximum Gasteiger partial charge on any atom is 0.225 e. The van der Waals surface area contributed by atoms with Gasteiger partial charge in [-0.15, -0.1) is 0 Å². The van der Waals surface area contributed by atoms with Crippen LogP contribution in [0, 0.1) is 6.92 Å². The standard InChI is InChI=1S/C23H27N7O2/c1-15-4-2-5-20(27-15)28-21(31)6-3-7-22(32)30-11-9-17(14-30)23-18(13-26-29-23)16-8-10-25-19(24)12-16/h2,4-5,8,10,12-13,17H,3,6-7,9,11,14H2,1H3,(H2,24,25)(H,26,29)(H,27,28,31)/t17-/m1/s1. The number of nitrogen functional groups attached to an aromatic ring is 1. The highest BCUT2D eigenvalue weighted by atomic mass is 16.2. The van der Waals surface area contributed by atoms with Gasteiger partial charge in [-0.2, -0.15) is 5.10 Å². The van der Waals surface area contributed by atoms with Crippen molar-refractivity contribution in [1.29, 1.82) is 0 Å². The molecule has 1 atom stereocenters. The maximum atomic E-state index is 12.7. The zero-order valence-electron chi connectivity index (χ0n) is 18.0. The van der Waals surface area contributed by atoms with Crippen molar-refractivity contribution >= 4 is 23.5 Å². The van der Waals surface area contributed by atoms with Gasteiger partial charge >= 0.3 is 0 Å². The first-order valence-corrected chi connectivity index (χ1v) is 10.8. The smallest absolute Gasteiger partial charge is 0.225 e. The third-order valence-corrected chi connectivity index (χ3v) is 5.66. The Bertz CT molecular complexity index is 1110. The fraction of sp³-hybridized carbons (Fsp3) is 0.348. The summed E-state index contributed by atoms with van der Waals surface area (Å²) in [6.45, 7) is 3.20. The van der Waals surface area contributed by atoms with Crippen LogP contribution in [0.3, 0.4) is 0 Å². The number of anilines is 2. The summed E-state index contributed by atoms with van der Waals surface area (Å²) in [6.07, 6.45) is 5.46. The van der Waals surface area contributed by atoms with Crippen LogP contribution >= 0.6 is 0 Å². The van der Waals surface area contributed by atoms with Gasteiger partial charge < -0.3 is 16.0 Å². The highest BCUT2D eigenvalue weighted by Gasteiger charge is 2.30. The summed E-state index contributed by atoms with van der Waals surface area (Å²) in [5.74, 6) is 1.12. The number of aromatic amines is 1. The van der Waals surface area contributed by atoms with E-state index >= 15 is 0 Å². The second kappa shape index (κ2) is 9.59. The number of pyridine rings is 2. The number of H-pyrrole nitrogens is 1. The monoisotopic (exact) mass is 433 g/mol. The Morgan fingerprint density at radius 2 is 2.16 bits per heavy atom. The van der Waals surface area contributed by atoms with E-state index in [0.29, 0.717) is 37.6 Å². The van der Waals surface area contributed by atoms with Gasteiger partial charge in [-0.1, -0.05) is 6.07 Å². The van der Waals surface area contributed by atoms with Crippen molar-refractivity contribution in [1.82, 2.24) is 25.1 Å². The van der Waals surface area contributed by atoms with Crippen LogP contribution in [0.15, 0.2) is 42.7 Å². The maximum absolute atomic E-state index is 12.7. The Hall–Kier alpha value is -3.75. The Morgan fingerprint density at radius 3 is 2.97 bits per heavy atom. The lowest BCUT2D eigenvalue weighted by Crippen LogP contribution is -2.28. The van der Waals surface area contributed by atoms with E-state index in [9.17, 15) is 9.59 Å². The van der Waals surface area contributed by atoms with Crippen LogP contribution in [0.2, 0.25) is 0 Å². The normalized spacial score (nSPS) is 15.7. The number of amides is 2. The van der Waals surface area contributed by atoms with Crippen LogP contribution in [0.5, 0.6) is 0 Å². The molecule has 166 valence electrons. The largest absolute Gasteiger partial charge is 0.384 e. The number of aromatic nitrogens is 4. The Balaban J connectivity index is 1.27. The predicted octanol–water partition coefficient (Wildman–Crippen LogP) is 2.88. The molecule has 0 aromatic carbocycles. The zero-order valence-corrected chi connectivity index (χ0v) is 18.0. The molecule has 0 spiro atoms. The Kier molecular flexibility index (Phi) is 6.44. The first-order valence-electron chi connectivity index (χ1n) is 10.8. The molecule has 2 amide bonds. The molecule has 3 aromatic rings. The molecule has 0 bridgehead atoms. The Labute approximate surface area is 186 Å². The average Bonchev–Trinajstić information content (AvgIpc) is 3.43. The van der Waals surface area contributed by atoms with E-state index in [-0.39, 0.29) is 24.2 Å². The lowest BCUT2D eigenvalue weighted by molar-refractivity contribution is -0.130. The van der Waals surface area contributed by atoms with Crippen LogP contribution in [-0.4, -0.2) is 50.0 Å². The van der Waals surface area contributed by atoms with Gasteiger partial charge in [0.05, 0.1) is 6.20 Å². The van der Waals surface area contributed by atoms with Crippen LogP contribution in [0.1, 0.15) is 43.0 Å². The quantitative estimate of drug-likeness (QED) is 0.525. The van der Waals surface area contributed by atoms with E-state index < -0.39 is 0 Å². The summed E-state index contributed by atoms with van der Waals surface area (Å²) in [5.41, 5.74) is 9.62. The number of nitrogens with two attached hydrogens (primary N) is 1. The molecular weight excluding hydrogens is 406 g/mol. The number of hydrogen-bond donors (Lipinski definition) is 3. The molecule has 0 radical (unpaired) electrons. The number of likely N-dealkylation sites (tertiary alicyclic amines) is 1. The number of nitrogens with one attached hydrogen (secondary N) is 2. The molecule has 9 heteroatoms. The molecule has 0 saturated carbocycles. The second-order valence-electron chi connectivity index (χ2n) is 8.06. The van der Waals surface area contributed by atoms with E-state index in [1.807, 2.05) is 36.1 Å². The Morgan fingerprint density at radius 1 is 1.28 bits per heavy atom. The fourth-order valence-electron chi connectivity index (χ4n) is 4.05. The molecule has 1 fully saturated rings. The fourth-order valence-corrected chi connectivity index (χ4v) is 4.05. The van der Waals surface area contributed by atoms with Crippen molar-refractivity contribution in [3.8, 4) is 11.1 Å². The summed E-state index contributed by atoms with van der Waals surface area (Å²) in [6, 6.07) is 9.20. The number of aryl methyl sites for hydroxylation is 1. The molecule has 4 N–H and O–H groups in total. The molecular formula is C23H27N7O2. The highest BCUT2D eigenvalue weighted by Crippen LogP contribution is 2.33. The van der Waals surface area contributed by atoms with Crippen molar-refractivity contribution in [3.05, 3.63) is 54.1 Å². The van der Waals surface area contributed by atoms with E-state index in [4.69, 9.17) is 5.73 Å². The summed E-state index contributed by atoms with van der Waals surface area (Å²) in [5, 5.41) is 10.1. The molecule has 1 aliphatic heterocycles. The molecule has 1 aliphatic rings. The minimum atomic E-state index is -0.131. The van der Waals surface area contributed by atoms with Gasteiger partial charge in [0.15, 0.2) is 0 Å². The molecule has 0 aliphatic carbocycles. The third kappa shape index (κ3) is 5.11. The topological polar surface area (TPSA) is 130 Å².